The molecular weight excluding hydrogens is 370 g/mol. The van der Waals surface area contributed by atoms with Gasteiger partial charge in [0.25, 0.3) is 0 Å². The van der Waals surface area contributed by atoms with E-state index in [1.807, 2.05) is 48.7 Å². The summed E-state index contributed by atoms with van der Waals surface area (Å²) in [5.41, 5.74) is 3.00. The lowest BCUT2D eigenvalue weighted by Crippen LogP contribution is -2.23. The van der Waals surface area contributed by atoms with Crippen molar-refractivity contribution in [3.8, 4) is 5.69 Å². The van der Waals surface area contributed by atoms with E-state index in [1.165, 1.54) is 37.7 Å². The van der Waals surface area contributed by atoms with Gasteiger partial charge in [0.15, 0.2) is 0 Å². The summed E-state index contributed by atoms with van der Waals surface area (Å²) < 4.78 is 29.7. The Morgan fingerprint density at radius 2 is 1.68 bits per heavy atom. The molecule has 1 aliphatic rings. The number of nitrogens with one attached hydrogen (secondary N) is 1. The molecule has 0 amide bonds. The average Bonchev–Trinajstić information content (AvgIpc) is 3.23. The summed E-state index contributed by atoms with van der Waals surface area (Å²) in [7, 11) is -3.55. The number of hydrogen-bond donors (Lipinski definition) is 1. The van der Waals surface area contributed by atoms with Crippen LogP contribution in [0.4, 0.5) is 0 Å². The van der Waals surface area contributed by atoms with Crippen LogP contribution in [0.2, 0.25) is 0 Å². The van der Waals surface area contributed by atoms with Crippen LogP contribution in [0, 0.1) is 0 Å². The van der Waals surface area contributed by atoms with E-state index in [-0.39, 0.29) is 6.54 Å². The van der Waals surface area contributed by atoms with Gasteiger partial charge in [-0.3, -0.25) is 0 Å². The number of benzene rings is 2. The van der Waals surface area contributed by atoms with Gasteiger partial charge in [0.1, 0.15) is 0 Å². The molecule has 1 aromatic heterocycles. The van der Waals surface area contributed by atoms with E-state index in [4.69, 9.17) is 0 Å². The molecule has 0 aliphatic heterocycles. The molecule has 1 heterocycles. The highest BCUT2D eigenvalue weighted by Crippen LogP contribution is 2.32. The first kappa shape index (κ1) is 18.9. The molecule has 0 radical (unpaired) electrons. The van der Waals surface area contributed by atoms with Crippen LogP contribution >= 0.6 is 0 Å². The molecule has 3 aromatic rings. The SMILES string of the molecule is O=S(=O)(NCc1cnn(-c2ccccc2)c1)c1ccc(C2CCCCC2)cc1. The van der Waals surface area contributed by atoms with Crippen molar-refractivity contribution in [2.24, 2.45) is 0 Å². The zero-order chi connectivity index (χ0) is 19.4. The largest absolute Gasteiger partial charge is 0.241 e. The zero-order valence-corrected chi connectivity index (χ0v) is 16.6. The van der Waals surface area contributed by atoms with E-state index in [2.05, 4.69) is 9.82 Å². The Labute approximate surface area is 166 Å². The third kappa shape index (κ3) is 4.34. The standard InChI is InChI=1S/C22H25N3O2S/c26-28(27,22-13-11-20(12-14-22)19-7-3-1-4-8-19)24-16-18-15-23-25(17-18)21-9-5-2-6-10-21/h2,5-6,9-15,17,19,24H,1,3-4,7-8,16H2. The molecule has 6 heteroatoms. The zero-order valence-electron chi connectivity index (χ0n) is 15.8. The van der Waals surface area contributed by atoms with Gasteiger partial charge in [0.05, 0.1) is 16.8 Å². The summed E-state index contributed by atoms with van der Waals surface area (Å²) in [6.45, 7) is 0.208. The smallest absolute Gasteiger partial charge is 0.240 e. The molecule has 0 unspecified atom stereocenters. The van der Waals surface area contributed by atoms with Crippen molar-refractivity contribution in [2.45, 2.75) is 49.5 Å². The summed E-state index contributed by atoms with van der Waals surface area (Å²) in [6.07, 6.45) is 9.77. The predicted molar refractivity (Wildman–Crippen MR) is 110 cm³/mol. The highest BCUT2D eigenvalue weighted by molar-refractivity contribution is 7.89. The molecule has 0 bridgehead atoms. The molecule has 1 aliphatic carbocycles. The number of para-hydroxylation sites is 1. The van der Waals surface area contributed by atoms with Crippen molar-refractivity contribution >= 4 is 10.0 Å². The minimum atomic E-state index is -3.55. The Morgan fingerprint density at radius 3 is 2.39 bits per heavy atom. The van der Waals surface area contributed by atoms with Gasteiger partial charge < -0.3 is 0 Å². The van der Waals surface area contributed by atoms with Crippen LogP contribution in [0.15, 0.2) is 71.9 Å². The molecule has 0 spiro atoms. The Kier molecular flexibility index (Phi) is 5.59. The first-order valence-corrected chi connectivity index (χ1v) is 11.3. The number of aromatic nitrogens is 2. The Bertz CT molecular complexity index is 1010. The van der Waals surface area contributed by atoms with E-state index in [0.29, 0.717) is 10.8 Å². The normalized spacial score (nSPS) is 15.6. The van der Waals surface area contributed by atoms with Crippen molar-refractivity contribution in [3.63, 3.8) is 0 Å². The van der Waals surface area contributed by atoms with Crippen LogP contribution in [0.25, 0.3) is 5.69 Å². The van der Waals surface area contributed by atoms with Crippen LogP contribution < -0.4 is 4.72 Å². The van der Waals surface area contributed by atoms with Gasteiger partial charge in [-0.25, -0.2) is 17.8 Å². The second-order valence-electron chi connectivity index (χ2n) is 7.36. The molecular formula is C22H25N3O2S. The Balaban J connectivity index is 1.41. The quantitative estimate of drug-likeness (QED) is 0.673. The van der Waals surface area contributed by atoms with E-state index >= 15 is 0 Å². The summed E-state index contributed by atoms with van der Waals surface area (Å²) in [5.74, 6) is 0.572. The highest BCUT2D eigenvalue weighted by atomic mass is 32.2. The lowest BCUT2D eigenvalue weighted by atomic mass is 9.84. The molecule has 1 N–H and O–H groups in total. The van der Waals surface area contributed by atoms with Crippen molar-refractivity contribution in [3.05, 3.63) is 78.1 Å². The molecule has 0 saturated heterocycles. The van der Waals surface area contributed by atoms with Gasteiger partial charge in [-0.1, -0.05) is 49.6 Å². The molecule has 4 rings (SSSR count). The summed E-state index contributed by atoms with van der Waals surface area (Å²) in [4.78, 5) is 0.308. The van der Waals surface area contributed by atoms with Gasteiger partial charge in [-0.2, -0.15) is 5.10 Å². The van der Waals surface area contributed by atoms with E-state index in [0.717, 1.165) is 11.3 Å². The minimum Gasteiger partial charge on any atom is -0.241 e. The van der Waals surface area contributed by atoms with Gasteiger partial charge in [0, 0.05) is 18.3 Å². The van der Waals surface area contributed by atoms with Crippen molar-refractivity contribution < 1.29 is 8.42 Å². The number of nitrogens with zero attached hydrogens (tertiary/aromatic N) is 2. The second kappa shape index (κ2) is 8.29. The molecule has 28 heavy (non-hydrogen) atoms. The molecule has 1 saturated carbocycles. The van der Waals surface area contributed by atoms with Crippen LogP contribution in [-0.4, -0.2) is 18.2 Å². The first-order valence-electron chi connectivity index (χ1n) is 9.80. The molecule has 2 aromatic carbocycles. The Hall–Kier alpha value is -2.44. The van der Waals surface area contributed by atoms with E-state index < -0.39 is 10.0 Å². The first-order chi connectivity index (χ1) is 13.6. The third-order valence-corrected chi connectivity index (χ3v) is 6.81. The van der Waals surface area contributed by atoms with Gasteiger partial charge in [0.2, 0.25) is 10.0 Å². The topological polar surface area (TPSA) is 64.0 Å². The lowest BCUT2D eigenvalue weighted by Gasteiger charge is -2.22. The van der Waals surface area contributed by atoms with Gasteiger partial charge >= 0.3 is 0 Å². The summed E-state index contributed by atoms with van der Waals surface area (Å²) in [5, 5.41) is 4.31. The Morgan fingerprint density at radius 1 is 0.964 bits per heavy atom. The third-order valence-electron chi connectivity index (χ3n) is 5.39. The fourth-order valence-electron chi connectivity index (χ4n) is 3.79. The average molecular weight is 396 g/mol. The van der Waals surface area contributed by atoms with Gasteiger partial charge in [-0.05, 0) is 48.6 Å². The van der Waals surface area contributed by atoms with Crippen molar-refractivity contribution in [1.29, 1.82) is 0 Å². The van der Waals surface area contributed by atoms with Crippen LogP contribution in [-0.2, 0) is 16.6 Å². The number of sulfonamides is 1. The van der Waals surface area contributed by atoms with Crippen LogP contribution in [0.1, 0.15) is 49.1 Å². The van der Waals surface area contributed by atoms with Crippen LogP contribution in [0.5, 0.6) is 0 Å². The monoisotopic (exact) mass is 395 g/mol. The maximum absolute atomic E-state index is 12.6. The highest BCUT2D eigenvalue weighted by Gasteiger charge is 2.18. The van der Waals surface area contributed by atoms with E-state index in [9.17, 15) is 8.42 Å². The summed E-state index contributed by atoms with van der Waals surface area (Å²) >= 11 is 0. The molecule has 0 atom stereocenters. The predicted octanol–water partition coefficient (Wildman–Crippen LogP) is 4.40. The van der Waals surface area contributed by atoms with Crippen molar-refractivity contribution in [2.75, 3.05) is 0 Å². The summed E-state index contributed by atoms with van der Waals surface area (Å²) in [6, 6.07) is 17.1. The molecule has 1 fully saturated rings. The number of hydrogen-bond acceptors (Lipinski definition) is 3. The number of rotatable bonds is 6. The molecule has 146 valence electrons. The van der Waals surface area contributed by atoms with Crippen LogP contribution in [0.3, 0.4) is 0 Å². The maximum Gasteiger partial charge on any atom is 0.240 e. The van der Waals surface area contributed by atoms with Gasteiger partial charge in [-0.15, -0.1) is 0 Å². The fourth-order valence-corrected chi connectivity index (χ4v) is 4.81. The minimum absolute atomic E-state index is 0.208. The second-order valence-corrected chi connectivity index (χ2v) is 9.12. The molecule has 5 nitrogen and oxygen atoms in total. The maximum atomic E-state index is 12.6. The van der Waals surface area contributed by atoms with E-state index in [1.54, 1.807) is 23.0 Å². The lowest BCUT2D eigenvalue weighted by molar-refractivity contribution is 0.443. The fraction of sp³-hybridized carbons (Fsp3) is 0.318. The van der Waals surface area contributed by atoms with Crippen molar-refractivity contribution in [1.82, 2.24) is 14.5 Å².